The second kappa shape index (κ2) is 10.3. The zero-order valence-corrected chi connectivity index (χ0v) is 21.8. The van der Waals surface area contributed by atoms with Gasteiger partial charge in [-0.2, -0.15) is 5.26 Å². The fourth-order valence-corrected chi connectivity index (χ4v) is 5.08. The number of fused-ring (bicyclic) bond motifs is 1. The molecule has 1 aliphatic carbocycles. The predicted molar refractivity (Wildman–Crippen MR) is 139 cm³/mol. The molecule has 0 aliphatic heterocycles. The van der Waals surface area contributed by atoms with Crippen LogP contribution in [0.25, 0.3) is 11.0 Å². The van der Waals surface area contributed by atoms with Crippen molar-refractivity contribution in [3.8, 4) is 11.8 Å². The Bertz CT molecular complexity index is 1370. The standard InChI is InChI=1S/C27H31ClN4O4/c1-27(2,3)36-25(33)30-19-7-9-20(10-8-19)32-22-11-5-17(15-29)14-23(22)31(26(32)34)16-18-6-12-24(35-4)21(28)13-18/h5-6,11-14,19-20H,7-10,16H2,1-4H3,(H,30,33). The van der Waals surface area contributed by atoms with E-state index in [0.717, 1.165) is 36.8 Å². The first-order chi connectivity index (χ1) is 17.1. The van der Waals surface area contributed by atoms with E-state index in [9.17, 15) is 14.9 Å². The summed E-state index contributed by atoms with van der Waals surface area (Å²) in [7, 11) is 1.56. The number of imidazole rings is 1. The van der Waals surface area contributed by atoms with Gasteiger partial charge in [-0.05, 0) is 82.3 Å². The van der Waals surface area contributed by atoms with Crippen molar-refractivity contribution in [2.45, 2.75) is 70.7 Å². The predicted octanol–water partition coefficient (Wildman–Crippen LogP) is 5.39. The Morgan fingerprint density at radius 3 is 2.47 bits per heavy atom. The number of hydrogen-bond donors (Lipinski definition) is 1. The number of halogens is 1. The van der Waals surface area contributed by atoms with E-state index in [-0.39, 0.29) is 17.8 Å². The van der Waals surface area contributed by atoms with Gasteiger partial charge in [0.2, 0.25) is 0 Å². The minimum Gasteiger partial charge on any atom is -0.495 e. The zero-order valence-electron chi connectivity index (χ0n) is 21.0. The van der Waals surface area contributed by atoms with E-state index in [0.29, 0.717) is 28.4 Å². The molecule has 190 valence electrons. The molecule has 0 atom stereocenters. The highest BCUT2D eigenvalue weighted by atomic mass is 35.5. The summed E-state index contributed by atoms with van der Waals surface area (Å²) in [6, 6.07) is 13.0. The van der Waals surface area contributed by atoms with Crippen LogP contribution in [0.15, 0.2) is 41.2 Å². The summed E-state index contributed by atoms with van der Waals surface area (Å²) < 4.78 is 14.2. The lowest BCUT2D eigenvalue weighted by Gasteiger charge is -2.30. The number of ether oxygens (including phenoxy) is 2. The first-order valence-electron chi connectivity index (χ1n) is 12.1. The molecule has 8 nitrogen and oxygen atoms in total. The van der Waals surface area contributed by atoms with Crippen LogP contribution in [0.5, 0.6) is 5.75 Å². The van der Waals surface area contributed by atoms with Crippen molar-refractivity contribution >= 4 is 28.7 Å². The second-order valence-corrected chi connectivity index (χ2v) is 10.6. The SMILES string of the molecule is COc1ccc(Cn2c(=O)n(C3CCC(NC(=O)OC(C)(C)C)CC3)c3ccc(C#N)cc32)cc1Cl. The smallest absolute Gasteiger partial charge is 0.407 e. The molecule has 1 heterocycles. The molecule has 9 heteroatoms. The van der Waals surface area contributed by atoms with Crippen LogP contribution in [0.1, 0.15) is 63.6 Å². The molecular formula is C27H31ClN4O4. The van der Waals surface area contributed by atoms with Crippen molar-refractivity contribution in [2.75, 3.05) is 7.11 Å². The number of benzene rings is 2. The van der Waals surface area contributed by atoms with E-state index in [1.807, 2.05) is 37.5 Å². The number of hydrogen-bond acceptors (Lipinski definition) is 5. The molecule has 4 rings (SSSR count). The molecule has 2 aromatic carbocycles. The third-order valence-electron chi connectivity index (χ3n) is 6.43. The van der Waals surface area contributed by atoms with Gasteiger partial charge in [-0.1, -0.05) is 17.7 Å². The molecule has 1 fully saturated rings. The number of nitrogens with one attached hydrogen (secondary N) is 1. The van der Waals surface area contributed by atoms with Crippen LogP contribution in [0, 0.1) is 11.3 Å². The van der Waals surface area contributed by atoms with Crippen molar-refractivity contribution < 1.29 is 14.3 Å². The molecule has 1 aromatic heterocycles. The number of alkyl carbamates (subject to hydrolysis) is 1. The van der Waals surface area contributed by atoms with Crippen molar-refractivity contribution in [1.29, 1.82) is 5.26 Å². The van der Waals surface area contributed by atoms with Crippen molar-refractivity contribution in [3.63, 3.8) is 0 Å². The number of nitrogens with zero attached hydrogens (tertiary/aromatic N) is 3. The van der Waals surface area contributed by atoms with Gasteiger partial charge in [-0.25, -0.2) is 9.59 Å². The van der Waals surface area contributed by atoms with Crippen LogP contribution < -0.4 is 15.7 Å². The van der Waals surface area contributed by atoms with Gasteiger partial charge in [0.25, 0.3) is 0 Å². The maximum atomic E-state index is 13.7. The van der Waals surface area contributed by atoms with Gasteiger partial charge in [-0.3, -0.25) is 9.13 Å². The first-order valence-corrected chi connectivity index (χ1v) is 12.4. The number of carbonyl (C=O) groups excluding carboxylic acids is 1. The number of rotatable bonds is 5. The Morgan fingerprint density at radius 1 is 1.14 bits per heavy atom. The minimum atomic E-state index is -0.549. The lowest BCUT2D eigenvalue weighted by Crippen LogP contribution is -2.41. The van der Waals surface area contributed by atoms with Crippen molar-refractivity contribution in [1.82, 2.24) is 14.5 Å². The molecule has 1 aliphatic rings. The molecule has 1 amide bonds. The summed E-state index contributed by atoms with van der Waals surface area (Å²) in [6.45, 7) is 5.83. The highest BCUT2D eigenvalue weighted by Gasteiger charge is 2.28. The van der Waals surface area contributed by atoms with E-state index in [1.54, 1.807) is 35.9 Å². The number of carbonyl (C=O) groups is 1. The quantitative estimate of drug-likeness (QED) is 0.496. The van der Waals surface area contributed by atoms with Crippen LogP contribution >= 0.6 is 11.6 Å². The molecule has 0 saturated heterocycles. The van der Waals surface area contributed by atoms with Crippen LogP contribution in [0.2, 0.25) is 5.02 Å². The summed E-state index contributed by atoms with van der Waals surface area (Å²) in [6.07, 6.45) is 2.56. The maximum Gasteiger partial charge on any atom is 0.407 e. The molecule has 0 spiro atoms. The second-order valence-electron chi connectivity index (χ2n) is 10.2. The van der Waals surface area contributed by atoms with Crippen LogP contribution in [0.3, 0.4) is 0 Å². The van der Waals surface area contributed by atoms with Gasteiger partial charge in [-0.15, -0.1) is 0 Å². The van der Waals surface area contributed by atoms with Crippen LogP contribution in [-0.2, 0) is 11.3 Å². The third kappa shape index (κ3) is 5.52. The fourth-order valence-electron chi connectivity index (χ4n) is 4.80. The molecule has 0 unspecified atom stereocenters. The largest absolute Gasteiger partial charge is 0.495 e. The van der Waals surface area contributed by atoms with Crippen LogP contribution in [0.4, 0.5) is 4.79 Å². The zero-order chi connectivity index (χ0) is 26.0. The topological polar surface area (TPSA) is 98.3 Å². The normalized spacial score (nSPS) is 18.0. The van der Waals surface area contributed by atoms with E-state index >= 15 is 0 Å². The molecule has 1 saturated carbocycles. The summed E-state index contributed by atoms with van der Waals surface area (Å²) in [5.41, 5.74) is 2.17. The summed E-state index contributed by atoms with van der Waals surface area (Å²) >= 11 is 6.31. The summed E-state index contributed by atoms with van der Waals surface area (Å²) in [5.74, 6) is 0.568. The van der Waals surface area contributed by atoms with Crippen molar-refractivity contribution in [3.05, 3.63) is 63.0 Å². The molecule has 0 bridgehead atoms. The average Bonchev–Trinajstić information content (AvgIpc) is 3.09. The number of nitriles is 1. The van der Waals surface area contributed by atoms with Gasteiger partial charge in [0, 0.05) is 12.1 Å². The van der Waals surface area contributed by atoms with Gasteiger partial charge in [0.15, 0.2) is 0 Å². The molecule has 3 aromatic rings. The van der Waals surface area contributed by atoms with Gasteiger partial charge < -0.3 is 14.8 Å². The Morgan fingerprint density at radius 2 is 1.86 bits per heavy atom. The molecule has 1 N–H and O–H groups in total. The fraction of sp³-hybridized carbons (Fsp3) is 0.444. The summed E-state index contributed by atoms with van der Waals surface area (Å²) in [5, 5.41) is 12.9. The van der Waals surface area contributed by atoms with E-state index in [2.05, 4.69) is 11.4 Å². The lowest BCUT2D eigenvalue weighted by atomic mass is 9.91. The number of amides is 1. The highest BCUT2D eigenvalue weighted by molar-refractivity contribution is 6.32. The van der Waals surface area contributed by atoms with Crippen LogP contribution in [-0.4, -0.2) is 34.0 Å². The number of aromatic nitrogens is 2. The molecule has 36 heavy (non-hydrogen) atoms. The Balaban J connectivity index is 1.61. The summed E-state index contributed by atoms with van der Waals surface area (Å²) in [4.78, 5) is 25.9. The Labute approximate surface area is 215 Å². The Kier molecular flexibility index (Phi) is 7.32. The monoisotopic (exact) mass is 510 g/mol. The van der Waals surface area contributed by atoms with Gasteiger partial charge in [0.1, 0.15) is 11.4 Å². The molecular weight excluding hydrogens is 480 g/mol. The third-order valence-corrected chi connectivity index (χ3v) is 6.73. The number of methoxy groups -OCH3 is 1. The molecule has 0 radical (unpaired) electrons. The Hall–Kier alpha value is -3.44. The average molecular weight is 511 g/mol. The van der Waals surface area contributed by atoms with E-state index in [1.165, 1.54) is 0 Å². The first kappa shape index (κ1) is 25.6. The lowest BCUT2D eigenvalue weighted by molar-refractivity contribution is 0.0488. The highest BCUT2D eigenvalue weighted by Crippen LogP contribution is 2.32. The maximum absolute atomic E-state index is 13.7. The van der Waals surface area contributed by atoms with Gasteiger partial charge >= 0.3 is 11.8 Å². The minimum absolute atomic E-state index is 0.00628. The van der Waals surface area contributed by atoms with Crippen molar-refractivity contribution in [2.24, 2.45) is 0 Å². The van der Waals surface area contributed by atoms with E-state index < -0.39 is 11.7 Å². The van der Waals surface area contributed by atoms with Gasteiger partial charge in [0.05, 0.1) is 41.3 Å². The van der Waals surface area contributed by atoms with E-state index in [4.69, 9.17) is 21.1 Å².